The van der Waals surface area contributed by atoms with Gasteiger partial charge in [0.1, 0.15) is 0 Å². The summed E-state index contributed by atoms with van der Waals surface area (Å²) < 4.78 is 0. The zero-order chi connectivity index (χ0) is 13.1. The number of allylic oxidation sites excluding steroid dienone is 1. The van der Waals surface area contributed by atoms with Gasteiger partial charge in [-0.3, -0.25) is 0 Å². The van der Waals surface area contributed by atoms with Crippen LogP contribution in [0.4, 0.5) is 0 Å². The van der Waals surface area contributed by atoms with Crippen molar-refractivity contribution >= 4 is 6.08 Å². The highest BCUT2D eigenvalue weighted by molar-refractivity contribution is 5.71. The molecule has 0 heteroatoms. The lowest BCUT2D eigenvalue weighted by Crippen LogP contribution is -1.89. The summed E-state index contributed by atoms with van der Waals surface area (Å²) in [5.74, 6) is 0. The lowest BCUT2D eigenvalue weighted by Gasteiger charge is -2.10. The van der Waals surface area contributed by atoms with Crippen molar-refractivity contribution in [3.05, 3.63) is 64.7 Å². The second kappa shape index (κ2) is 5.22. The highest BCUT2D eigenvalue weighted by Gasteiger charge is 2.04. The molecule has 0 aliphatic carbocycles. The Hall–Kier alpha value is -1.82. The Labute approximate surface area is 110 Å². The molecule has 92 valence electrons. The molecule has 2 rings (SSSR count). The molecule has 0 saturated heterocycles. The van der Waals surface area contributed by atoms with Gasteiger partial charge in [0.15, 0.2) is 0 Å². The van der Waals surface area contributed by atoms with Crippen molar-refractivity contribution in [3.63, 3.8) is 0 Å². The summed E-state index contributed by atoms with van der Waals surface area (Å²) in [6, 6.07) is 13.3. The third-order valence-electron chi connectivity index (χ3n) is 3.32. The van der Waals surface area contributed by atoms with Crippen molar-refractivity contribution < 1.29 is 0 Å². The summed E-state index contributed by atoms with van der Waals surface area (Å²) in [7, 11) is 0. The Morgan fingerprint density at radius 2 is 1.50 bits per heavy atom. The third-order valence-corrected chi connectivity index (χ3v) is 3.32. The smallest absolute Gasteiger partial charge is 0.0152 e. The van der Waals surface area contributed by atoms with Crippen LogP contribution in [0.3, 0.4) is 0 Å². The zero-order valence-electron chi connectivity index (χ0n) is 11.6. The van der Waals surface area contributed by atoms with E-state index in [9.17, 15) is 0 Å². The van der Waals surface area contributed by atoms with Crippen LogP contribution in [-0.4, -0.2) is 0 Å². The molecule has 0 fully saturated rings. The minimum absolute atomic E-state index is 1.30. The van der Waals surface area contributed by atoms with Crippen molar-refractivity contribution in [2.75, 3.05) is 0 Å². The molecule has 0 heterocycles. The predicted octanol–water partition coefficient (Wildman–Crippen LogP) is 5.31. The summed E-state index contributed by atoms with van der Waals surface area (Å²) in [6.07, 6.45) is 4.26. The summed E-state index contributed by atoms with van der Waals surface area (Å²) in [4.78, 5) is 0. The average molecular weight is 236 g/mol. The molecule has 0 spiro atoms. The van der Waals surface area contributed by atoms with E-state index in [1.807, 2.05) is 0 Å². The van der Waals surface area contributed by atoms with Crippen molar-refractivity contribution in [2.24, 2.45) is 0 Å². The van der Waals surface area contributed by atoms with Crippen LogP contribution in [-0.2, 0) is 0 Å². The van der Waals surface area contributed by atoms with E-state index in [0.717, 1.165) is 0 Å². The van der Waals surface area contributed by atoms with Crippen LogP contribution in [0.5, 0.6) is 0 Å². The molecule has 0 radical (unpaired) electrons. The van der Waals surface area contributed by atoms with E-state index in [1.165, 1.54) is 33.4 Å². The van der Waals surface area contributed by atoms with E-state index in [-0.39, 0.29) is 0 Å². The molecule has 0 amide bonds. The van der Waals surface area contributed by atoms with E-state index in [1.54, 1.807) is 0 Å². The minimum atomic E-state index is 1.30. The lowest BCUT2D eigenvalue weighted by atomic mass is 9.94. The number of aryl methyl sites for hydroxylation is 3. The molecule has 0 nitrogen and oxygen atoms in total. The second-order valence-corrected chi connectivity index (χ2v) is 4.89. The predicted molar refractivity (Wildman–Crippen MR) is 80.8 cm³/mol. The van der Waals surface area contributed by atoms with Gasteiger partial charge in [0.2, 0.25) is 0 Å². The van der Waals surface area contributed by atoms with Crippen LogP contribution < -0.4 is 0 Å². The Morgan fingerprint density at radius 3 is 2.11 bits per heavy atom. The second-order valence-electron chi connectivity index (χ2n) is 4.89. The Balaban J connectivity index is 2.52. The van der Waals surface area contributed by atoms with Gasteiger partial charge in [0.05, 0.1) is 0 Å². The van der Waals surface area contributed by atoms with Gasteiger partial charge in [0, 0.05) is 0 Å². The van der Waals surface area contributed by atoms with Crippen LogP contribution in [0.15, 0.2) is 42.5 Å². The number of rotatable bonds is 2. The fraction of sp³-hybridized carbons (Fsp3) is 0.222. The quantitative estimate of drug-likeness (QED) is 0.662. The normalized spacial score (nSPS) is 11.1. The molecule has 0 saturated carbocycles. The first-order valence-corrected chi connectivity index (χ1v) is 6.43. The molecular weight excluding hydrogens is 216 g/mol. The summed E-state index contributed by atoms with van der Waals surface area (Å²) in [5.41, 5.74) is 7.91. The first kappa shape index (κ1) is 12.6. The van der Waals surface area contributed by atoms with Crippen molar-refractivity contribution in [2.45, 2.75) is 27.7 Å². The molecule has 0 bridgehead atoms. The van der Waals surface area contributed by atoms with Crippen LogP contribution >= 0.6 is 0 Å². The summed E-state index contributed by atoms with van der Waals surface area (Å²) >= 11 is 0. The average Bonchev–Trinajstić information content (AvgIpc) is 2.35. The third kappa shape index (κ3) is 2.53. The van der Waals surface area contributed by atoms with E-state index in [0.29, 0.717) is 0 Å². The lowest BCUT2D eigenvalue weighted by molar-refractivity contribution is 1.36. The Morgan fingerprint density at radius 1 is 0.833 bits per heavy atom. The highest BCUT2D eigenvalue weighted by atomic mass is 14.1. The van der Waals surface area contributed by atoms with Gasteiger partial charge in [-0.15, -0.1) is 0 Å². The van der Waals surface area contributed by atoms with Gasteiger partial charge in [-0.1, -0.05) is 54.1 Å². The topological polar surface area (TPSA) is 0 Å². The highest BCUT2D eigenvalue weighted by Crippen LogP contribution is 2.27. The van der Waals surface area contributed by atoms with Gasteiger partial charge < -0.3 is 0 Å². The van der Waals surface area contributed by atoms with Gasteiger partial charge in [-0.2, -0.15) is 0 Å². The van der Waals surface area contributed by atoms with Gasteiger partial charge in [0.25, 0.3) is 0 Å². The molecule has 0 aliphatic heterocycles. The van der Waals surface area contributed by atoms with E-state index < -0.39 is 0 Å². The standard InChI is InChI=1S/C18H20/c1-5-6-17-11-15(4)18(12-14(17)3)16-9-7-13(2)8-10-16/h5-12H,1-4H3. The fourth-order valence-corrected chi connectivity index (χ4v) is 2.24. The maximum atomic E-state index is 2.29. The van der Waals surface area contributed by atoms with E-state index in [4.69, 9.17) is 0 Å². The molecule has 0 aliphatic rings. The van der Waals surface area contributed by atoms with E-state index >= 15 is 0 Å². The molecule has 0 aromatic heterocycles. The Bertz CT molecular complexity index is 572. The molecular formula is C18H20. The molecule has 0 atom stereocenters. The van der Waals surface area contributed by atoms with Crippen LogP contribution in [0.25, 0.3) is 17.2 Å². The summed E-state index contributed by atoms with van der Waals surface area (Å²) in [6.45, 7) is 8.54. The Kier molecular flexibility index (Phi) is 3.66. The fourth-order valence-electron chi connectivity index (χ4n) is 2.24. The maximum absolute atomic E-state index is 2.29. The van der Waals surface area contributed by atoms with Crippen molar-refractivity contribution in [1.29, 1.82) is 0 Å². The number of hydrogen-bond acceptors (Lipinski definition) is 0. The number of benzene rings is 2. The largest absolute Gasteiger partial charge is 0.0871 e. The number of hydrogen-bond donors (Lipinski definition) is 0. The molecule has 2 aromatic rings. The molecule has 18 heavy (non-hydrogen) atoms. The first-order valence-electron chi connectivity index (χ1n) is 6.43. The summed E-state index contributed by atoms with van der Waals surface area (Å²) in [5, 5.41) is 0. The van der Waals surface area contributed by atoms with Gasteiger partial charge in [-0.05, 0) is 55.5 Å². The monoisotopic (exact) mass is 236 g/mol. The SMILES string of the molecule is CC=Cc1cc(C)c(-c2ccc(C)cc2)cc1C. The van der Waals surface area contributed by atoms with Gasteiger partial charge in [-0.25, -0.2) is 0 Å². The molecule has 0 unspecified atom stereocenters. The van der Waals surface area contributed by atoms with Crippen LogP contribution in [0.2, 0.25) is 0 Å². The van der Waals surface area contributed by atoms with E-state index in [2.05, 4.69) is 76.2 Å². The van der Waals surface area contributed by atoms with Crippen molar-refractivity contribution in [1.82, 2.24) is 0 Å². The van der Waals surface area contributed by atoms with Crippen molar-refractivity contribution in [3.8, 4) is 11.1 Å². The first-order chi connectivity index (χ1) is 8.61. The maximum Gasteiger partial charge on any atom is -0.0152 e. The zero-order valence-corrected chi connectivity index (χ0v) is 11.6. The minimum Gasteiger partial charge on any atom is -0.0871 e. The van der Waals surface area contributed by atoms with Crippen LogP contribution in [0, 0.1) is 20.8 Å². The van der Waals surface area contributed by atoms with Crippen LogP contribution in [0.1, 0.15) is 29.2 Å². The van der Waals surface area contributed by atoms with Gasteiger partial charge >= 0.3 is 0 Å². The molecule has 2 aromatic carbocycles. The molecule has 0 N–H and O–H groups in total.